The average Bonchev–Trinajstić information content (AvgIpc) is 3.32. The van der Waals surface area contributed by atoms with E-state index in [-0.39, 0.29) is 29.7 Å². The van der Waals surface area contributed by atoms with Gasteiger partial charge in [-0.15, -0.1) is 0 Å². The molecule has 1 saturated heterocycles. The zero-order valence-corrected chi connectivity index (χ0v) is 22.7. The topological polar surface area (TPSA) is 99.2 Å². The maximum absolute atomic E-state index is 13.6. The van der Waals surface area contributed by atoms with Gasteiger partial charge in [0.05, 0.1) is 24.7 Å². The molecule has 1 aromatic carbocycles. The Kier molecular flexibility index (Phi) is 7.89. The predicted octanol–water partition coefficient (Wildman–Crippen LogP) is 3.83. The molecule has 0 bridgehead atoms. The number of hydrogen-bond donors (Lipinski definition) is 2. The summed E-state index contributed by atoms with van der Waals surface area (Å²) in [6.45, 7) is 15.7. The summed E-state index contributed by atoms with van der Waals surface area (Å²) in [4.78, 5) is 42.3. The molecule has 1 aromatic rings. The van der Waals surface area contributed by atoms with Gasteiger partial charge in [0.2, 0.25) is 5.91 Å². The van der Waals surface area contributed by atoms with Gasteiger partial charge in [0.15, 0.2) is 0 Å². The zero-order valence-electron chi connectivity index (χ0n) is 22.7. The van der Waals surface area contributed by atoms with Crippen molar-refractivity contribution in [1.82, 2.24) is 15.1 Å². The molecule has 2 heterocycles. The van der Waals surface area contributed by atoms with Gasteiger partial charge in [0.1, 0.15) is 11.6 Å². The molecule has 8 heteroatoms. The minimum atomic E-state index is -0.929. The molecule has 0 aliphatic carbocycles. The number of carbonyl (C=O) groups excluding carboxylic acids is 3. The highest BCUT2D eigenvalue weighted by Gasteiger charge is 2.50. The summed E-state index contributed by atoms with van der Waals surface area (Å²) in [6.07, 6.45) is 2.33. The number of likely N-dealkylation sites (tertiary alicyclic amines) is 1. The number of ether oxygens (including phenoxy) is 1. The Labute approximate surface area is 214 Å². The normalized spacial score (nSPS) is 22.6. The monoisotopic (exact) mass is 499 g/mol. The van der Waals surface area contributed by atoms with Gasteiger partial charge in [-0.25, -0.2) is 4.79 Å². The van der Waals surface area contributed by atoms with Crippen molar-refractivity contribution in [3.8, 4) is 0 Å². The van der Waals surface area contributed by atoms with E-state index < -0.39 is 35.9 Å². The number of rotatable bonds is 5. The predicted molar refractivity (Wildman–Crippen MR) is 138 cm³/mol. The summed E-state index contributed by atoms with van der Waals surface area (Å²) in [7, 11) is 0. The molecule has 198 valence electrons. The van der Waals surface area contributed by atoms with Crippen LogP contribution in [0.25, 0.3) is 0 Å². The van der Waals surface area contributed by atoms with Gasteiger partial charge in [-0.1, -0.05) is 46.8 Å². The van der Waals surface area contributed by atoms with E-state index in [9.17, 15) is 19.5 Å². The first-order chi connectivity index (χ1) is 16.6. The minimum Gasteiger partial charge on any atom is -0.444 e. The van der Waals surface area contributed by atoms with Gasteiger partial charge in [0, 0.05) is 11.8 Å². The van der Waals surface area contributed by atoms with Crippen LogP contribution < -0.4 is 5.32 Å². The fraction of sp³-hybridized carbons (Fsp3) is 0.607. The summed E-state index contributed by atoms with van der Waals surface area (Å²) >= 11 is 0. The number of aliphatic hydroxyl groups is 1. The first-order valence-corrected chi connectivity index (χ1v) is 12.7. The van der Waals surface area contributed by atoms with Crippen LogP contribution in [0.2, 0.25) is 0 Å². The molecule has 3 rings (SSSR count). The molecule has 2 aliphatic heterocycles. The number of nitrogens with one attached hydrogen (secondary N) is 1. The smallest absolute Gasteiger partial charge is 0.410 e. The van der Waals surface area contributed by atoms with Gasteiger partial charge < -0.3 is 20.1 Å². The molecule has 0 aromatic heterocycles. The van der Waals surface area contributed by atoms with E-state index in [1.807, 2.05) is 26.0 Å². The minimum absolute atomic E-state index is 0.0287. The Morgan fingerprint density at radius 3 is 2.22 bits per heavy atom. The molecular formula is C28H41N3O5. The van der Waals surface area contributed by atoms with Crippen molar-refractivity contribution in [2.45, 2.75) is 97.1 Å². The van der Waals surface area contributed by atoms with E-state index >= 15 is 0 Å². The highest BCUT2D eigenvalue weighted by Crippen LogP contribution is 2.32. The van der Waals surface area contributed by atoms with Gasteiger partial charge in [-0.05, 0) is 62.3 Å². The number of fused-ring (bicyclic) bond motifs is 1. The third-order valence-corrected chi connectivity index (χ3v) is 6.46. The maximum atomic E-state index is 13.6. The molecule has 3 amide bonds. The van der Waals surface area contributed by atoms with Crippen LogP contribution in [-0.4, -0.2) is 69.2 Å². The Morgan fingerprint density at radius 1 is 1.08 bits per heavy atom. The fourth-order valence-corrected chi connectivity index (χ4v) is 4.66. The Bertz CT molecular complexity index is 1000. The molecule has 36 heavy (non-hydrogen) atoms. The summed E-state index contributed by atoms with van der Waals surface area (Å²) in [5.74, 6) is -0.481. The van der Waals surface area contributed by atoms with Crippen LogP contribution in [0.1, 0.15) is 77.7 Å². The molecular weight excluding hydrogens is 458 g/mol. The third kappa shape index (κ3) is 6.27. The number of aliphatic hydroxyl groups excluding tert-OH is 1. The molecule has 0 unspecified atom stereocenters. The molecule has 0 spiro atoms. The maximum Gasteiger partial charge on any atom is 0.410 e. The van der Waals surface area contributed by atoms with Crippen LogP contribution in [0.5, 0.6) is 0 Å². The van der Waals surface area contributed by atoms with E-state index in [2.05, 4.69) is 26.1 Å². The zero-order chi connectivity index (χ0) is 27.0. The standard InChI is InChI=1S/C28H41N3O5/c1-17(2)15-20(29-24(33)18-9-11-19(12-10-18)27(3,4)5)25(34)30-14-13-21-23(30)22(32)16-31(21)26(35)36-28(6,7)8/h9-14,17,20-23,32H,15-16H2,1-8H3,(H,29,33)/t20-,21+,22-,23-/m0/s1. The molecule has 2 N–H and O–H groups in total. The van der Waals surface area contributed by atoms with Crippen LogP contribution in [0.4, 0.5) is 4.79 Å². The van der Waals surface area contributed by atoms with Gasteiger partial charge in [-0.2, -0.15) is 0 Å². The van der Waals surface area contributed by atoms with E-state index in [1.165, 1.54) is 9.80 Å². The van der Waals surface area contributed by atoms with E-state index in [1.54, 1.807) is 45.2 Å². The van der Waals surface area contributed by atoms with Crippen molar-refractivity contribution >= 4 is 17.9 Å². The second-order valence-electron chi connectivity index (χ2n) is 12.3. The van der Waals surface area contributed by atoms with Crippen LogP contribution in [0.3, 0.4) is 0 Å². The summed E-state index contributed by atoms with van der Waals surface area (Å²) in [5, 5.41) is 13.7. The van der Waals surface area contributed by atoms with Gasteiger partial charge in [-0.3, -0.25) is 14.5 Å². The molecule has 4 atom stereocenters. The summed E-state index contributed by atoms with van der Waals surface area (Å²) in [6, 6.07) is 5.54. The molecule has 8 nitrogen and oxygen atoms in total. The first-order valence-electron chi connectivity index (χ1n) is 12.7. The molecule has 2 aliphatic rings. The third-order valence-electron chi connectivity index (χ3n) is 6.46. The first kappa shape index (κ1) is 27.7. The van der Waals surface area contributed by atoms with Crippen molar-refractivity contribution in [3.05, 3.63) is 47.7 Å². The van der Waals surface area contributed by atoms with Crippen molar-refractivity contribution in [1.29, 1.82) is 0 Å². The lowest BCUT2D eigenvalue weighted by Crippen LogP contribution is -2.53. The van der Waals surface area contributed by atoms with Crippen LogP contribution >= 0.6 is 0 Å². The lowest BCUT2D eigenvalue weighted by molar-refractivity contribution is -0.134. The number of benzene rings is 1. The fourth-order valence-electron chi connectivity index (χ4n) is 4.66. The second-order valence-corrected chi connectivity index (χ2v) is 12.3. The van der Waals surface area contributed by atoms with Gasteiger partial charge in [0.25, 0.3) is 5.91 Å². The number of nitrogens with zero attached hydrogens (tertiary/aromatic N) is 2. The number of β-amino-alcohol motifs (C(OH)–C–C–N with tert-alkyl or cyclic N) is 1. The van der Waals surface area contributed by atoms with Crippen LogP contribution in [-0.2, 0) is 14.9 Å². The van der Waals surface area contributed by atoms with Gasteiger partial charge >= 0.3 is 6.09 Å². The van der Waals surface area contributed by atoms with Crippen molar-refractivity contribution in [3.63, 3.8) is 0 Å². The number of amides is 3. The lowest BCUT2D eigenvalue weighted by atomic mass is 9.86. The highest BCUT2D eigenvalue weighted by atomic mass is 16.6. The largest absolute Gasteiger partial charge is 0.444 e. The number of hydrogen-bond acceptors (Lipinski definition) is 5. The SMILES string of the molecule is CC(C)C[C@H](NC(=O)c1ccc(C(C)(C)C)cc1)C(=O)N1C=C[C@@H]2[C@H]1[C@@H](O)CN2C(=O)OC(C)(C)C. The quantitative estimate of drug-likeness (QED) is 0.642. The number of carbonyl (C=O) groups is 3. The lowest BCUT2D eigenvalue weighted by Gasteiger charge is -2.31. The van der Waals surface area contributed by atoms with E-state index in [4.69, 9.17) is 4.74 Å². The van der Waals surface area contributed by atoms with E-state index in [0.29, 0.717) is 12.0 Å². The summed E-state index contributed by atoms with van der Waals surface area (Å²) < 4.78 is 5.49. The Morgan fingerprint density at radius 2 is 1.69 bits per heavy atom. The molecule has 0 radical (unpaired) electrons. The van der Waals surface area contributed by atoms with Crippen LogP contribution in [0.15, 0.2) is 36.5 Å². The van der Waals surface area contributed by atoms with E-state index in [0.717, 1.165) is 5.56 Å². The van der Waals surface area contributed by atoms with Crippen molar-refractivity contribution in [2.75, 3.05) is 6.54 Å². The molecule has 0 saturated carbocycles. The Hall–Kier alpha value is -2.87. The average molecular weight is 500 g/mol. The summed E-state index contributed by atoms with van der Waals surface area (Å²) in [5.41, 5.74) is 0.901. The Balaban J connectivity index is 1.75. The van der Waals surface area contributed by atoms with Crippen molar-refractivity contribution in [2.24, 2.45) is 5.92 Å². The molecule has 1 fully saturated rings. The van der Waals surface area contributed by atoms with Crippen LogP contribution in [0, 0.1) is 5.92 Å². The second kappa shape index (κ2) is 10.2. The highest BCUT2D eigenvalue weighted by molar-refractivity contribution is 5.98. The van der Waals surface area contributed by atoms with Crippen molar-refractivity contribution < 1.29 is 24.2 Å².